The second kappa shape index (κ2) is 5.96. The fourth-order valence-corrected chi connectivity index (χ4v) is 3.31. The van der Waals surface area contributed by atoms with Crippen LogP contribution in [0.2, 0.25) is 0 Å². The van der Waals surface area contributed by atoms with Gasteiger partial charge in [-0.1, -0.05) is 6.07 Å². The Morgan fingerprint density at radius 3 is 2.79 bits per heavy atom. The average molecular weight is 322 g/mol. The summed E-state index contributed by atoms with van der Waals surface area (Å²) in [6, 6.07) is 9.41. The third-order valence-electron chi connectivity index (χ3n) is 4.58. The van der Waals surface area contributed by atoms with Gasteiger partial charge in [0, 0.05) is 19.6 Å². The summed E-state index contributed by atoms with van der Waals surface area (Å²) in [5.74, 6) is 0.819. The fraction of sp³-hybridized carbons (Fsp3) is 0.412. The van der Waals surface area contributed by atoms with Gasteiger partial charge in [-0.25, -0.2) is 4.98 Å². The minimum absolute atomic E-state index is 0.0329. The molecule has 0 aliphatic carbocycles. The molecule has 0 unspecified atom stereocenters. The molecule has 0 aromatic carbocycles. The smallest absolute Gasteiger partial charge is 0.274 e. The van der Waals surface area contributed by atoms with Crippen LogP contribution in [0.1, 0.15) is 34.7 Å². The molecule has 0 spiro atoms. The van der Waals surface area contributed by atoms with E-state index in [4.69, 9.17) is 5.26 Å². The molecule has 0 atom stereocenters. The zero-order valence-electron chi connectivity index (χ0n) is 13.4. The summed E-state index contributed by atoms with van der Waals surface area (Å²) >= 11 is 0. The van der Waals surface area contributed by atoms with Crippen molar-refractivity contribution in [3.05, 3.63) is 41.3 Å². The van der Waals surface area contributed by atoms with Crippen LogP contribution in [-0.2, 0) is 13.1 Å². The molecule has 0 N–H and O–H groups in total. The summed E-state index contributed by atoms with van der Waals surface area (Å²) in [6.45, 7) is 3.77. The lowest BCUT2D eigenvalue weighted by atomic mass is 10.2. The highest BCUT2D eigenvalue weighted by molar-refractivity contribution is 5.92. The van der Waals surface area contributed by atoms with E-state index in [1.54, 1.807) is 6.07 Å². The highest BCUT2D eigenvalue weighted by Crippen LogP contribution is 2.21. The highest BCUT2D eigenvalue weighted by Gasteiger charge is 2.25. The second-order valence-electron chi connectivity index (χ2n) is 6.16. The number of hydrogen-bond acceptors (Lipinski definition) is 5. The molecule has 0 bridgehead atoms. The molecule has 1 amide bonds. The van der Waals surface area contributed by atoms with Crippen LogP contribution < -0.4 is 4.90 Å². The highest BCUT2D eigenvalue weighted by atomic mass is 16.2. The van der Waals surface area contributed by atoms with Crippen molar-refractivity contribution in [3.8, 4) is 6.07 Å². The number of rotatable bonds is 2. The van der Waals surface area contributed by atoms with Crippen molar-refractivity contribution in [1.29, 1.82) is 5.26 Å². The lowest BCUT2D eigenvalue weighted by Crippen LogP contribution is -2.34. The first-order chi connectivity index (χ1) is 11.7. The van der Waals surface area contributed by atoms with E-state index in [1.807, 2.05) is 27.8 Å². The summed E-state index contributed by atoms with van der Waals surface area (Å²) in [5, 5.41) is 13.5. The van der Waals surface area contributed by atoms with Gasteiger partial charge in [0.1, 0.15) is 17.6 Å². The van der Waals surface area contributed by atoms with Crippen LogP contribution in [0.15, 0.2) is 24.3 Å². The third kappa shape index (κ3) is 2.60. The van der Waals surface area contributed by atoms with Crippen LogP contribution in [0.5, 0.6) is 0 Å². The molecule has 4 rings (SSSR count). The topological polar surface area (TPSA) is 78.0 Å². The Morgan fingerprint density at radius 1 is 1.17 bits per heavy atom. The van der Waals surface area contributed by atoms with E-state index in [-0.39, 0.29) is 5.91 Å². The zero-order chi connectivity index (χ0) is 16.5. The van der Waals surface area contributed by atoms with E-state index in [0.717, 1.165) is 44.0 Å². The van der Waals surface area contributed by atoms with Gasteiger partial charge in [-0.05, 0) is 31.0 Å². The Labute approximate surface area is 140 Å². The molecular weight excluding hydrogens is 304 g/mol. The van der Waals surface area contributed by atoms with Gasteiger partial charge in [-0.2, -0.15) is 10.4 Å². The predicted molar refractivity (Wildman–Crippen MR) is 87.4 cm³/mol. The lowest BCUT2D eigenvalue weighted by molar-refractivity contribution is 0.0786. The van der Waals surface area contributed by atoms with Crippen molar-refractivity contribution in [1.82, 2.24) is 19.7 Å². The minimum Gasteiger partial charge on any atom is -0.349 e. The summed E-state index contributed by atoms with van der Waals surface area (Å²) < 4.78 is 1.91. The molecule has 4 heterocycles. The molecule has 7 heteroatoms. The molecule has 2 aromatic rings. The number of nitrogens with zero attached hydrogens (tertiary/aromatic N) is 6. The monoisotopic (exact) mass is 322 g/mol. The Hall–Kier alpha value is -2.88. The van der Waals surface area contributed by atoms with Crippen molar-refractivity contribution >= 4 is 11.7 Å². The van der Waals surface area contributed by atoms with Crippen molar-refractivity contribution in [2.75, 3.05) is 24.5 Å². The first-order valence-corrected chi connectivity index (χ1v) is 8.23. The molecule has 2 aliphatic rings. The van der Waals surface area contributed by atoms with E-state index in [9.17, 15) is 4.79 Å². The second-order valence-corrected chi connectivity index (χ2v) is 6.16. The first-order valence-electron chi connectivity index (χ1n) is 8.23. The van der Waals surface area contributed by atoms with E-state index >= 15 is 0 Å². The molecule has 2 aliphatic heterocycles. The van der Waals surface area contributed by atoms with Gasteiger partial charge in [0.05, 0.1) is 18.8 Å². The van der Waals surface area contributed by atoms with Crippen molar-refractivity contribution in [2.24, 2.45) is 0 Å². The fourth-order valence-electron chi connectivity index (χ4n) is 3.31. The summed E-state index contributed by atoms with van der Waals surface area (Å²) in [6.07, 6.45) is 2.15. The van der Waals surface area contributed by atoms with Crippen LogP contribution in [0.25, 0.3) is 0 Å². The zero-order valence-corrected chi connectivity index (χ0v) is 13.4. The third-order valence-corrected chi connectivity index (χ3v) is 4.58. The van der Waals surface area contributed by atoms with Crippen LogP contribution in [0.4, 0.5) is 5.82 Å². The van der Waals surface area contributed by atoms with Crippen LogP contribution in [-0.4, -0.2) is 45.2 Å². The van der Waals surface area contributed by atoms with Gasteiger partial charge >= 0.3 is 0 Å². The molecule has 2 aromatic heterocycles. The van der Waals surface area contributed by atoms with E-state index in [0.29, 0.717) is 24.5 Å². The van der Waals surface area contributed by atoms with Crippen molar-refractivity contribution in [2.45, 2.75) is 25.9 Å². The quantitative estimate of drug-likeness (QED) is 0.835. The number of pyridine rings is 1. The maximum absolute atomic E-state index is 12.5. The minimum atomic E-state index is 0.0329. The Morgan fingerprint density at radius 2 is 2.00 bits per heavy atom. The summed E-state index contributed by atoms with van der Waals surface area (Å²) in [4.78, 5) is 20.8. The molecular formula is C17H18N6O. The normalized spacial score (nSPS) is 16.8. The number of amides is 1. The van der Waals surface area contributed by atoms with Gasteiger partial charge in [0.25, 0.3) is 5.91 Å². The molecule has 1 fully saturated rings. The van der Waals surface area contributed by atoms with Gasteiger partial charge < -0.3 is 9.80 Å². The SMILES string of the molecule is N#Cc1cccc(N2CCn3nc(C(=O)N4CCCC4)cc3C2)n1. The van der Waals surface area contributed by atoms with Gasteiger partial charge in [0.2, 0.25) is 0 Å². The van der Waals surface area contributed by atoms with Crippen LogP contribution in [0, 0.1) is 11.3 Å². The summed E-state index contributed by atoms with van der Waals surface area (Å²) in [5.41, 5.74) is 1.96. The number of anilines is 1. The van der Waals surface area contributed by atoms with E-state index in [2.05, 4.69) is 21.1 Å². The average Bonchev–Trinajstić information content (AvgIpc) is 3.30. The lowest BCUT2D eigenvalue weighted by Gasteiger charge is -2.28. The number of carbonyl (C=O) groups is 1. The summed E-state index contributed by atoms with van der Waals surface area (Å²) in [7, 11) is 0. The number of fused-ring (bicyclic) bond motifs is 1. The standard InChI is InChI=1S/C17H18N6O/c18-11-13-4-3-5-16(19-13)22-8-9-23-14(12-22)10-15(20-23)17(24)21-6-1-2-7-21/h3-5,10H,1-2,6-9,12H2. The largest absolute Gasteiger partial charge is 0.349 e. The first kappa shape index (κ1) is 14.7. The molecule has 0 saturated carbocycles. The predicted octanol–water partition coefficient (Wildman–Crippen LogP) is 1.41. The van der Waals surface area contributed by atoms with E-state index in [1.165, 1.54) is 0 Å². The molecule has 122 valence electrons. The molecule has 24 heavy (non-hydrogen) atoms. The number of aromatic nitrogens is 3. The number of likely N-dealkylation sites (tertiary alicyclic amines) is 1. The Kier molecular flexibility index (Phi) is 3.65. The number of nitriles is 1. The van der Waals surface area contributed by atoms with E-state index < -0.39 is 0 Å². The Balaban J connectivity index is 1.55. The molecule has 1 saturated heterocycles. The molecule has 7 nitrogen and oxygen atoms in total. The number of carbonyl (C=O) groups excluding carboxylic acids is 1. The van der Waals surface area contributed by atoms with Crippen molar-refractivity contribution < 1.29 is 4.79 Å². The number of hydrogen-bond donors (Lipinski definition) is 0. The van der Waals surface area contributed by atoms with Gasteiger partial charge in [0.15, 0.2) is 5.69 Å². The van der Waals surface area contributed by atoms with Gasteiger partial charge in [-0.15, -0.1) is 0 Å². The van der Waals surface area contributed by atoms with Crippen LogP contribution in [0.3, 0.4) is 0 Å². The maximum atomic E-state index is 12.5. The Bertz CT molecular complexity index is 815. The van der Waals surface area contributed by atoms with Gasteiger partial charge in [-0.3, -0.25) is 9.48 Å². The van der Waals surface area contributed by atoms with Crippen molar-refractivity contribution in [3.63, 3.8) is 0 Å². The maximum Gasteiger partial charge on any atom is 0.274 e. The molecule has 0 radical (unpaired) electrons. The van der Waals surface area contributed by atoms with Crippen LogP contribution >= 0.6 is 0 Å².